The van der Waals surface area contributed by atoms with Crippen LogP contribution in [0.15, 0.2) is 18.2 Å². The van der Waals surface area contributed by atoms with Crippen LogP contribution in [0.1, 0.15) is 13.8 Å². The zero-order valence-electron chi connectivity index (χ0n) is 12.4. The van der Waals surface area contributed by atoms with E-state index in [1.54, 1.807) is 0 Å². The van der Waals surface area contributed by atoms with Gasteiger partial charge in [-0.25, -0.2) is 0 Å². The molecule has 0 radical (unpaired) electrons. The van der Waals surface area contributed by atoms with E-state index < -0.39 is 4.92 Å². The Morgan fingerprint density at radius 1 is 1.45 bits per heavy atom. The van der Waals surface area contributed by atoms with Crippen molar-refractivity contribution in [1.29, 1.82) is 0 Å². The Balaban J connectivity index is 2.02. The Labute approximate surface area is 133 Å². The van der Waals surface area contributed by atoms with Gasteiger partial charge in [0, 0.05) is 24.2 Å². The van der Waals surface area contributed by atoms with E-state index in [4.69, 9.17) is 16.3 Å². The third-order valence-corrected chi connectivity index (χ3v) is 3.53. The molecule has 2 atom stereocenters. The summed E-state index contributed by atoms with van der Waals surface area (Å²) in [6.07, 6.45) is 0.114. The molecule has 1 aliphatic heterocycles. The summed E-state index contributed by atoms with van der Waals surface area (Å²) in [5.74, 6) is -0.299. The minimum atomic E-state index is -0.569. The van der Waals surface area contributed by atoms with Gasteiger partial charge in [0.2, 0.25) is 5.91 Å². The number of nitro groups is 1. The molecule has 1 fully saturated rings. The van der Waals surface area contributed by atoms with Crippen molar-refractivity contribution in [3.8, 4) is 0 Å². The molecule has 1 aromatic rings. The Morgan fingerprint density at radius 3 is 2.68 bits per heavy atom. The van der Waals surface area contributed by atoms with Gasteiger partial charge in [-0.05, 0) is 26.0 Å². The van der Waals surface area contributed by atoms with Crippen LogP contribution in [-0.2, 0) is 9.53 Å². The zero-order chi connectivity index (χ0) is 16.3. The van der Waals surface area contributed by atoms with Gasteiger partial charge in [0.25, 0.3) is 5.69 Å². The summed E-state index contributed by atoms with van der Waals surface area (Å²) in [5, 5.41) is 13.8. The van der Waals surface area contributed by atoms with Crippen LogP contribution in [0.25, 0.3) is 0 Å². The van der Waals surface area contributed by atoms with E-state index in [-0.39, 0.29) is 41.1 Å². The fourth-order valence-corrected chi connectivity index (χ4v) is 2.73. The number of hydrogen-bond acceptors (Lipinski definition) is 5. The van der Waals surface area contributed by atoms with Crippen LogP contribution < -0.4 is 5.32 Å². The Bertz CT molecular complexity index is 571. The van der Waals surface area contributed by atoms with Crippen molar-refractivity contribution in [1.82, 2.24) is 4.90 Å². The van der Waals surface area contributed by atoms with Gasteiger partial charge in [0.1, 0.15) is 5.69 Å². The SMILES string of the molecule is C[C@@H]1CN(CC(=O)Nc2ccc(Cl)cc2[N+](=O)[O-])C[C@@H](C)O1. The number of amides is 1. The second-order valence-corrected chi connectivity index (χ2v) is 5.85. The molecule has 1 heterocycles. The average molecular weight is 328 g/mol. The Kier molecular flexibility index (Phi) is 5.33. The van der Waals surface area contributed by atoms with E-state index in [1.165, 1.54) is 18.2 Å². The quantitative estimate of drug-likeness (QED) is 0.677. The number of rotatable bonds is 4. The molecular formula is C14H18ClN3O4. The first-order chi connectivity index (χ1) is 10.3. The van der Waals surface area contributed by atoms with Crippen LogP contribution in [0.4, 0.5) is 11.4 Å². The number of benzene rings is 1. The summed E-state index contributed by atoms with van der Waals surface area (Å²) in [7, 11) is 0. The van der Waals surface area contributed by atoms with Gasteiger partial charge in [-0.2, -0.15) is 0 Å². The van der Waals surface area contributed by atoms with Gasteiger partial charge in [-0.1, -0.05) is 11.6 Å². The molecule has 0 saturated carbocycles. The van der Waals surface area contributed by atoms with Gasteiger partial charge in [-0.3, -0.25) is 19.8 Å². The molecule has 0 aromatic heterocycles. The van der Waals surface area contributed by atoms with E-state index in [9.17, 15) is 14.9 Å². The molecule has 7 nitrogen and oxygen atoms in total. The summed E-state index contributed by atoms with van der Waals surface area (Å²) >= 11 is 5.75. The number of ether oxygens (including phenoxy) is 1. The van der Waals surface area contributed by atoms with Crippen molar-refractivity contribution in [2.24, 2.45) is 0 Å². The predicted octanol–water partition coefficient (Wildman–Crippen LogP) is 2.30. The molecule has 1 saturated heterocycles. The number of morpholine rings is 1. The monoisotopic (exact) mass is 327 g/mol. The van der Waals surface area contributed by atoms with Crippen molar-refractivity contribution in [2.75, 3.05) is 25.0 Å². The second kappa shape index (κ2) is 7.04. The molecule has 0 spiro atoms. The van der Waals surface area contributed by atoms with E-state index in [0.29, 0.717) is 13.1 Å². The van der Waals surface area contributed by atoms with Gasteiger partial charge >= 0.3 is 0 Å². The zero-order valence-corrected chi connectivity index (χ0v) is 13.2. The van der Waals surface area contributed by atoms with Crippen LogP contribution >= 0.6 is 11.6 Å². The van der Waals surface area contributed by atoms with Crippen LogP contribution in [0.3, 0.4) is 0 Å². The number of carbonyl (C=O) groups excluding carboxylic acids is 1. The molecule has 1 aromatic carbocycles. The number of halogens is 1. The molecule has 8 heteroatoms. The van der Waals surface area contributed by atoms with Crippen molar-refractivity contribution >= 4 is 28.9 Å². The second-order valence-electron chi connectivity index (χ2n) is 5.42. The first kappa shape index (κ1) is 16.7. The van der Waals surface area contributed by atoms with Gasteiger partial charge in [0.05, 0.1) is 23.7 Å². The highest BCUT2D eigenvalue weighted by molar-refractivity contribution is 6.31. The van der Waals surface area contributed by atoms with Crippen molar-refractivity contribution < 1.29 is 14.5 Å². The van der Waals surface area contributed by atoms with Crippen LogP contribution in [0.2, 0.25) is 5.02 Å². The predicted molar refractivity (Wildman–Crippen MR) is 83.2 cm³/mol. The molecule has 1 aliphatic rings. The maximum atomic E-state index is 12.1. The summed E-state index contributed by atoms with van der Waals surface area (Å²) in [6, 6.07) is 4.15. The van der Waals surface area contributed by atoms with Gasteiger partial charge < -0.3 is 10.1 Å². The van der Waals surface area contributed by atoms with E-state index >= 15 is 0 Å². The molecule has 22 heavy (non-hydrogen) atoms. The standard InChI is InChI=1S/C14H18ClN3O4/c1-9-6-17(7-10(2)22-9)8-14(19)16-12-4-3-11(15)5-13(12)18(20)21/h3-5,9-10H,6-8H2,1-2H3,(H,16,19)/t9-,10-/m1/s1. The first-order valence-corrected chi connectivity index (χ1v) is 7.34. The molecular weight excluding hydrogens is 310 g/mol. The molecule has 120 valence electrons. The third-order valence-electron chi connectivity index (χ3n) is 3.29. The first-order valence-electron chi connectivity index (χ1n) is 6.96. The molecule has 1 amide bonds. The highest BCUT2D eigenvalue weighted by Gasteiger charge is 2.24. The maximum absolute atomic E-state index is 12.1. The van der Waals surface area contributed by atoms with Crippen LogP contribution in [-0.4, -0.2) is 47.6 Å². The fourth-order valence-electron chi connectivity index (χ4n) is 2.57. The van der Waals surface area contributed by atoms with Gasteiger partial charge in [0.15, 0.2) is 0 Å². The summed E-state index contributed by atoms with van der Waals surface area (Å²) in [6.45, 7) is 5.37. The van der Waals surface area contributed by atoms with Crippen molar-refractivity contribution in [3.05, 3.63) is 33.3 Å². The Hall–Kier alpha value is -1.70. The van der Waals surface area contributed by atoms with Crippen molar-refractivity contribution in [3.63, 3.8) is 0 Å². The van der Waals surface area contributed by atoms with E-state index in [1.807, 2.05) is 18.7 Å². The summed E-state index contributed by atoms with van der Waals surface area (Å²) in [4.78, 5) is 24.5. The third kappa shape index (κ3) is 4.40. The lowest BCUT2D eigenvalue weighted by Gasteiger charge is -2.34. The highest BCUT2D eigenvalue weighted by Crippen LogP contribution is 2.27. The number of nitrogens with zero attached hydrogens (tertiary/aromatic N) is 2. The van der Waals surface area contributed by atoms with E-state index in [0.717, 1.165) is 0 Å². The maximum Gasteiger partial charge on any atom is 0.294 e. The average Bonchev–Trinajstić information content (AvgIpc) is 2.39. The lowest BCUT2D eigenvalue weighted by Crippen LogP contribution is -2.48. The number of anilines is 1. The highest BCUT2D eigenvalue weighted by atomic mass is 35.5. The van der Waals surface area contributed by atoms with Crippen LogP contribution in [0, 0.1) is 10.1 Å². The van der Waals surface area contributed by atoms with Gasteiger partial charge in [-0.15, -0.1) is 0 Å². The van der Waals surface area contributed by atoms with Crippen molar-refractivity contribution in [2.45, 2.75) is 26.1 Å². The van der Waals surface area contributed by atoms with E-state index in [2.05, 4.69) is 5.32 Å². The molecule has 0 bridgehead atoms. The summed E-state index contributed by atoms with van der Waals surface area (Å²) in [5.41, 5.74) is -0.0710. The number of nitro benzene ring substituents is 1. The lowest BCUT2D eigenvalue weighted by atomic mass is 10.2. The summed E-state index contributed by atoms with van der Waals surface area (Å²) < 4.78 is 5.60. The lowest BCUT2D eigenvalue weighted by molar-refractivity contribution is -0.383. The number of nitrogens with one attached hydrogen (secondary N) is 1. The largest absolute Gasteiger partial charge is 0.373 e. The molecule has 0 aliphatic carbocycles. The Morgan fingerprint density at radius 2 is 2.09 bits per heavy atom. The molecule has 2 rings (SSSR count). The fraction of sp³-hybridized carbons (Fsp3) is 0.500. The minimum Gasteiger partial charge on any atom is -0.373 e. The number of hydrogen-bond donors (Lipinski definition) is 1. The number of carbonyl (C=O) groups is 1. The smallest absolute Gasteiger partial charge is 0.294 e. The minimum absolute atomic E-state index is 0.0569. The normalized spacial score (nSPS) is 22.3. The topological polar surface area (TPSA) is 84.7 Å². The molecule has 1 N–H and O–H groups in total. The van der Waals surface area contributed by atoms with Crippen LogP contribution in [0.5, 0.6) is 0 Å². The molecule has 0 unspecified atom stereocenters.